The van der Waals surface area contributed by atoms with Crippen molar-refractivity contribution in [2.45, 2.75) is 39.0 Å². The van der Waals surface area contributed by atoms with Gasteiger partial charge in [0.05, 0.1) is 5.39 Å². The van der Waals surface area contributed by atoms with Crippen molar-refractivity contribution in [3.05, 3.63) is 26.6 Å². The summed E-state index contributed by atoms with van der Waals surface area (Å²) in [6, 6.07) is 0. The van der Waals surface area contributed by atoms with Crippen LogP contribution in [0.3, 0.4) is 0 Å². The number of nitrogens with zero attached hydrogens (tertiary/aromatic N) is 2. The molecule has 1 aliphatic heterocycles. The number of nitrogens with one attached hydrogen (secondary N) is 2. The summed E-state index contributed by atoms with van der Waals surface area (Å²) in [5, 5.41) is 3.55. The van der Waals surface area contributed by atoms with Crippen molar-refractivity contribution in [3.63, 3.8) is 0 Å². The Morgan fingerprint density at radius 3 is 2.81 bits per heavy atom. The summed E-state index contributed by atoms with van der Waals surface area (Å²) in [6.45, 7) is 3.59. The first kappa shape index (κ1) is 17.2. The Labute approximate surface area is 154 Å². The van der Waals surface area contributed by atoms with Gasteiger partial charge in [0.25, 0.3) is 11.5 Å². The van der Waals surface area contributed by atoms with Crippen LogP contribution in [-0.4, -0.2) is 46.3 Å². The normalized spacial score (nSPS) is 17.5. The second-order valence-electron chi connectivity index (χ2n) is 7.11. The molecule has 0 atom stereocenters. The molecule has 2 aromatic rings. The van der Waals surface area contributed by atoms with E-state index in [0.717, 1.165) is 50.8 Å². The summed E-state index contributed by atoms with van der Waals surface area (Å²) in [6.07, 6.45) is 4.75. The van der Waals surface area contributed by atoms with Gasteiger partial charge in [-0.05, 0) is 43.6 Å². The highest BCUT2D eigenvalue weighted by Gasteiger charge is 2.24. The number of piperidine rings is 1. The zero-order chi connectivity index (χ0) is 18.3. The Balaban J connectivity index is 1.42. The third-order valence-corrected chi connectivity index (χ3v) is 6.59. The number of aromatic amines is 1. The average molecular weight is 374 g/mol. The predicted octanol–water partition coefficient (Wildman–Crippen LogP) is 1.46. The van der Waals surface area contributed by atoms with Gasteiger partial charge in [0.1, 0.15) is 4.83 Å². The number of aryl methyl sites for hydroxylation is 2. The number of H-pyrrole nitrogens is 1. The Morgan fingerprint density at radius 2 is 2.08 bits per heavy atom. The molecular formula is C18H22N4O3S. The van der Waals surface area contributed by atoms with Crippen LogP contribution in [0.1, 0.15) is 47.2 Å². The molecule has 0 radical (unpaired) electrons. The summed E-state index contributed by atoms with van der Waals surface area (Å²) in [4.78, 5) is 47.0. The fourth-order valence-corrected chi connectivity index (χ4v) is 5.14. The Bertz CT molecular complexity index is 924. The number of thiophene rings is 1. The molecule has 1 fully saturated rings. The monoisotopic (exact) mass is 374 g/mol. The number of aromatic nitrogens is 2. The maximum Gasteiger partial charge on any atom is 0.287 e. The van der Waals surface area contributed by atoms with Crippen LogP contribution in [0.2, 0.25) is 0 Å². The van der Waals surface area contributed by atoms with Crippen molar-refractivity contribution in [1.82, 2.24) is 20.2 Å². The number of fused-ring (bicyclic) bond motifs is 3. The van der Waals surface area contributed by atoms with Gasteiger partial charge in [-0.15, -0.1) is 11.3 Å². The van der Waals surface area contributed by atoms with Gasteiger partial charge < -0.3 is 15.2 Å². The second-order valence-corrected chi connectivity index (χ2v) is 8.20. The minimum Gasteiger partial charge on any atom is -0.349 e. The van der Waals surface area contributed by atoms with E-state index in [1.165, 1.54) is 16.2 Å². The number of hydrogen-bond donors (Lipinski definition) is 2. The molecule has 0 unspecified atom stereocenters. The van der Waals surface area contributed by atoms with Crippen LogP contribution in [0.4, 0.5) is 0 Å². The highest BCUT2D eigenvalue weighted by Crippen LogP contribution is 2.34. The predicted molar refractivity (Wildman–Crippen MR) is 99.6 cm³/mol. The van der Waals surface area contributed by atoms with Gasteiger partial charge in [0.15, 0.2) is 0 Å². The standard InChI is InChI=1S/C18H22N4O3S/c1-10(23)22-7-5-11(6-8-22)9-19-17(25)15-20-16(24)14-12-3-2-4-13(12)26-18(14)21-15/h11H,2-9H2,1H3,(H,19,25)(H,20,21,24). The van der Waals surface area contributed by atoms with Gasteiger partial charge in [-0.1, -0.05) is 0 Å². The summed E-state index contributed by atoms with van der Waals surface area (Å²) in [7, 11) is 0. The molecule has 4 rings (SSSR count). The van der Waals surface area contributed by atoms with E-state index >= 15 is 0 Å². The molecule has 26 heavy (non-hydrogen) atoms. The van der Waals surface area contributed by atoms with Crippen LogP contribution in [0, 0.1) is 5.92 Å². The molecule has 1 aliphatic carbocycles. The van der Waals surface area contributed by atoms with E-state index in [1.807, 2.05) is 4.90 Å². The first-order valence-corrected chi connectivity index (χ1v) is 9.93. The van der Waals surface area contributed by atoms with Crippen LogP contribution in [0.25, 0.3) is 10.2 Å². The number of likely N-dealkylation sites (tertiary alicyclic amines) is 1. The number of hydrogen-bond acceptors (Lipinski definition) is 5. The quantitative estimate of drug-likeness (QED) is 0.850. The summed E-state index contributed by atoms with van der Waals surface area (Å²) in [5.74, 6) is 0.191. The maximum absolute atomic E-state index is 12.4. The molecule has 2 amide bonds. The van der Waals surface area contributed by atoms with Crippen molar-refractivity contribution < 1.29 is 9.59 Å². The molecule has 8 heteroatoms. The van der Waals surface area contributed by atoms with Gasteiger partial charge >= 0.3 is 0 Å². The first-order chi connectivity index (χ1) is 12.5. The fourth-order valence-electron chi connectivity index (χ4n) is 3.88. The lowest BCUT2D eigenvalue weighted by Gasteiger charge is -2.31. The average Bonchev–Trinajstić information content (AvgIpc) is 3.20. The van der Waals surface area contributed by atoms with E-state index in [2.05, 4.69) is 15.3 Å². The number of carbonyl (C=O) groups is 2. The highest BCUT2D eigenvalue weighted by molar-refractivity contribution is 7.18. The molecule has 2 N–H and O–H groups in total. The van der Waals surface area contributed by atoms with Crippen LogP contribution in [-0.2, 0) is 17.6 Å². The van der Waals surface area contributed by atoms with E-state index in [0.29, 0.717) is 22.7 Å². The highest BCUT2D eigenvalue weighted by atomic mass is 32.1. The first-order valence-electron chi connectivity index (χ1n) is 9.11. The SMILES string of the molecule is CC(=O)N1CCC(CNC(=O)c2nc3sc4c(c3c(=O)[nH]2)CCC4)CC1. The molecule has 0 spiro atoms. The molecule has 2 aromatic heterocycles. The Morgan fingerprint density at radius 1 is 1.31 bits per heavy atom. The van der Waals surface area contributed by atoms with E-state index < -0.39 is 0 Å². The lowest BCUT2D eigenvalue weighted by molar-refractivity contribution is -0.130. The summed E-state index contributed by atoms with van der Waals surface area (Å²) >= 11 is 1.53. The smallest absolute Gasteiger partial charge is 0.287 e. The Kier molecular flexibility index (Phi) is 4.52. The van der Waals surface area contributed by atoms with Crippen molar-refractivity contribution in [2.75, 3.05) is 19.6 Å². The van der Waals surface area contributed by atoms with Gasteiger partial charge in [-0.3, -0.25) is 14.4 Å². The summed E-state index contributed by atoms with van der Waals surface area (Å²) in [5.41, 5.74) is 0.900. The van der Waals surface area contributed by atoms with Crippen molar-refractivity contribution in [1.29, 1.82) is 0 Å². The lowest BCUT2D eigenvalue weighted by atomic mass is 9.97. The molecule has 0 saturated carbocycles. The minimum absolute atomic E-state index is 0.0867. The van der Waals surface area contributed by atoms with Gasteiger partial charge in [0, 0.05) is 31.4 Å². The van der Waals surface area contributed by atoms with Crippen LogP contribution < -0.4 is 10.9 Å². The molecular weight excluding hydrogens is 352 g/mol. The number of amides is 2. The third-order valence-electron chi connectivity index (χ3n) is 5.40. The van der Waals surface area contributed by atoms with E-state index in [1.54, 1.807) is 6.92 Å². The zero-order valence-corrected chi connectivity index (χ0v) is 15.6. The van der Waals surface area contributed by atoms with Crippen LogP contribution in [0.15, 0.2) is 4.79 Å². The molecule has 3 heterocycles. The van der Waals surface area contributed by atoms with E-state index in [9.17, 15) is 14.4 Å². The molecule has 1 saturated heterocycles. The lowest BCUT2D eigenvalue weighted by Crippen LogP contribution is -2.41. The van der Waals surface area contributed by atoms with Crippen molar-refractivity contribution in [3.8, 4) is 0 Å². The van der Waals surface area contributed by atoms with E-state index in [4.69, 9.17) is 0 Å². The maximum atomic E-state index is 12.4. The number of carbonyl (C=O) groups excluding carboxylic acids is 2. The molecule has 7 nitrogen and oxygen atoms in total. The Hall–Kier alpha value is -2.22. The van der Waals surface area contributed by atoms with Crippen molar-refractivity contribution in [2.24, 2.45) is 5.92 Å². The topological polar surface area (TPSA) is 95.2 Å². The van der Waals surface area contributed by atoms with E-state index in [-0.39, 0.29) is 23.2 Å². The summed E-state index contributed by atoms with van der Waals surface area (Å²) < 4.78 is 0. The van der Waals surface area contributed by atoms with Crippen LogP contribution >= 0.6 is 11.3 Å². The van der Waals surface area contributed by atoms with Gasteiger partial charge in [-0.2, -0.15) is 0 Å². The van der Waals surface area contributed by atoms with Crippen LogP contribution in [0.5, 0.6) is 0 Å². The third kappa shape index (κ3) is 3.13. The molecule has 2 aliphatic rings. The second kappa shape index (κ2) is 6.83. The zero-order valence-electron chi connectivity index (χ0n) is 14.8. The molecule has 0 bridgehead atoms. The molecule has 0 aromatic carbocycles. The fraction of sp³-hybridized carbons (Fsp3) is 0.556. The molecule has 138 valence electrons. The minimum atomic E-state index is -0.341. The number of rotatable bonds is 3. The van der Waals surface area contributed by atoms with Gasteiger partial charge in [-0.25, -0.2) is 4.98 Å². The largest absolute Gasteiger partial charge is 0.349 e. The van der Waals surface area contributed by atoms with Gasteiger partial charge in [0.2, 0.25) is 11.7 Å². The van der Waals surface area contributed by atoms with Crippen molar-refractivity contribution >= 4 is 33.4 Å².